The predicted molar refractivity (Wildman–Crippen MR) is 118 cm³/mol. The Hall–Kier alpha value is -3.29. The van der Waals surface area contributed by atoms with Gasteiger partial charge in [-0.05, 0) is 42.5 Å². The molecule has 172 valence electrons. The lowest BCUT2D eigenvalue weighted by Gasteiger charge is -2.21. The number of benzene rings is 1. The third kappa shape index (κ3) is 5.69. The maximum absolute atomic E-state index is 12.6. The van der Waals surface area contributed by atoms with E-state index in [2.05, 4.69) is 24.7 Å². The first-order valence-electron chi connectivity index (χ1n) is 11.1. The highest BCUT2D eigenvalue weighted by Crippen LogP contribution is 2.29. The Balaban J connectivity index is 1.53. The number of hydrogen-bond acceptors (Lipinski definition) is 5. The molecule has 8 nitrogen and oxygen atoms in total. The van der Waals surface area contributed by atoms with E-state index in [1.807, 2.05) is 31.2 Å². The Kier molecular flexibility index (Phi) is 7.92. The van der Waals surface area contributed by atoms with E-state index in [0.29, 0.717) is 30.4 Å². The summed E-state index contributed by atoms with van der Waals surface area (Å²) in [5.41, 5.74) is 5.96. The molecule has 32 heavy (non-hydrogen) atoms. The molecular formula is C24H31N3O5. The average molecular weight is 442 g/mol. The minimum absolute atomic E-state index is 0.0956. The van der Waals surface area contributed by atoms with Crippen LogP contribution < -0.4 is 15.6 Å². The van der Waals surface area contributed by atoms with Gasteiger partial charge in [-0.2, -0.15) is 0 Å². The minimum atomic E-state index is -0.749. The maximum Gasteiger partial charge on any atom is 0.279 e. The second kappa shape index (κ2) is 10.8. The van der Waals surface area contributed by atoms with Gasteiger partial charge in [-0.3, -0.25) is 25.2 Å². The second-order valence-corrected chi connectivity index (χ2v) is 8.10. The normalized spacial score (nSPS) is 17.7. The number of furan rings is 1. The number of carbonyl (C=O) groups excluding carboxylic acids is 3. The van der Waals surface area contributed by atoms with Crippen LogP contribution in [0.5, 0.6) is 5.75 Å². The molecule has 3 rings (SSSR count). The Bertz CT molecular complexity index is 927. The molecule has 0 saturated carbocycles. The van der Waals surface area contributed by atoms with E-state index >= 15 is 0 Å². The van der Waals surface area contributed by atoms with Crippen molar-refractivity contribution < 1.29 is 23.5 Å². The molecule has 0 spiro atoms. The van der Waals surface area contributed by atoms with E-state index in [1.54, 1.807) is 23.3 Å². The summed E-state index contributed by atoms with van der Waals surface area (Å²) in [5, 5.41) is 0. The first kappa shape index (κ1) is 23.4. The first-order valence-corrected chi connectivity index (χ1v) is 11.1. The largest absolute Gasteiger partial charge is 0.480 e. The number of nitrogens with zero attached hydrogens (tertiary/aromatic N) is 1. The van der Waals surface area contributed by atoms with Crippen LogP contribution in [0.4, 0.5) is 0 Å². The summed E-state index contributed by atoms with van der Waals surface area (Å²) in [5.74, 6) is 0.142. The summed E-state index contributed by atoms with van der Waals surface area (Å²) in [4.78, 5) is 39.0. The Morgan fingerprint density at radius 2 is 1.94 bits per heavy atom. The second-order valence-electron chi connectivity index (χ2n) is 8.10. The summed E-state index contributed by atoms with van der Waals surface area (Å²) in [6.07, 6.45) is 2.29. The van der Waals surface area contributed by atoms with Crippen LogP contribution in [0.15, 0.2) is 47.1 Å². The summed E-state index contributed by atoms with van der Waals surface area (Å²) < 4.78 is 11.3. The van der Waals surface area contributed by atoms with Crippen molar-refractivity contribution in [3.8, 4) is 5.75 Å². The molecule has 0 bridgehead atoms. The Labute approximate surface area is 188 Å². The number of nitrogens with one attached hydrogen (secondary N) is 2. The zero-order valence-electron chi connectivity index (χ0n) is 18.8. The van der Waals surface area contributed by atoms with E-state index in [0.717, 1.165) is 12.0 Å². The van der Waals surface area contributed by atoms with Gasteiger partial charge in [-0.15, -0.1) is 0 Å². The molecule has 1 aliphatic heterocycles. The monoisotopic (exact) mass is 441 g/mol. The Morgan fingerprint density at radius 1 is 1.16 bits per heavy atom. The maximum atomic E-state index is 12.6. The number of hydrazine groups is 1. The quantitative estimate of drug-likeness (QED) is 0.582. The summed E-state index contributed by atoms with van der Waals surface area (Å²) in [7, 11) is 0. The van der Waals surface area contributed by atoms with Gasteiger partial charge in [0.15, 0.2) is 6.10 Å². The molecule has 0 aliphatic carbocycles. The highest BCUT2D eigenvalue weighted by atomic mass is 16.5. The molecule has 1 aliphatic rings. The van der Waals surface area contributed by atoms with E-state index < -0.39 is 23.8 Å². The summed E-state index contributed by atoms with van der Waals surface area (Å²) >= 11 is 0. The van der Waals surface area contributed by atoms with Gasteiger partial charge in [-0.25, -0.2) is 0 Å². The van der Waals surface area contributed by atoms with Crippen molar-refractivity contribution in [2.45, 2.75) is 58.6 Å². The molecule has 2 aromatic rings. The van der Waals surface area contributed by atoms with Crippen molar-refractivity contribution in [3.63, 3.8) is 0 Å². The molecule has 1 aromatic carbocycles. The van der Waals surface area contributed by atoms with Gasteiger partial charge in [0, 0.05) is 13.0 Å². The standard InChI is InChI=1S/C24H31N3O5/c1-4-16(3)19-10-6-7-11-21(19)32-20(5-2)24(30)26-25-23(29)17-13-22(28)27(14-17)15-18-9-8-12-31-18/h6-12,16-17,20H,4-5,13-15H2,1-3H3,(H,25,29)(H,26,30). The van der Waals surface area contributed by atoms with Gasteiger partial charge in [0.2, 0.25) is 11.8 Å². The smallest absolute Gasteiger partial charge is 0.279 e. The molecular weight excluding hydrogens is 410 g/mol. The van der Waals surface area contributed by atoms with Crippen molar-refractivity contribution in [1.29, 1.82) is 0 Å². The molecule has 2 N–H and O–H groups in total. The van der Waals surface area contributed by atoms with Crippen LogP contribution in [-0.4, -0.2) is 35.3 Å². The lowest BCUT2D eigenvalue weighted by molar-refractivity contribution is -0.134. The van der Waals surface area contributed by atoms with Crippen molar-refractivity contribution in [2.24, 2.45) is 5.92 Å². The number of carbonyl (C=O) groups is 3. The molecule has 2 heterocycles. The van der Waals surface area contributed by atoms with Crippen LogP contribution in [0.1, 0.15) is 57.3 Å². The van der Waals surface area contributed by atoms with Gasteiger partial charge in [0.05, 0.1) is 18.7 Å². The van der Waals surface area contributed by atoms with Gasteiger partial charge in [-0.1, -0.05) is 39.0 Å². The summed E-state index contributed by atoms with van der Waals surface area (Å²) in [6.45, 7) is 6.66. The van der Waals surface area contributed by atoms with Crippen LogP contribution in [0.2, 0.25) is 0 Å². The van der Waals surface area contributed by atoms with Gasteiger partial charge in [0.1, 0.15) is 11.5 Å². The third-order valence-corrected chi connectivity index (χ3v) is 5.82. The fourth-order valence-electron chi connectivity index (χ4n) is 3.69. The molecule has 3 atom stereocenters. The number of amides is 3. The summed E-state index contributed by atoms with van der Waals surface area (Å²) in [6, 6.07) is 11.2. The van der Waals surface area contributed by atoms with E-state index in [-0.39, 0.29) is 18.9 Å². The third-order valence-electron chi connectivity index (χ3n) is 5.82. The van der Waals surface area contributed by atoms with Crippen molar-refractivity contribution in [3.05, 3.63) is 54.0 Å². The molecule has 1 fully saturated rings. The number of ether oxygens (including phenoxy) is 1. The van der Waals surface area contributed by atoms with Crippen molar-refractivity contribution in [2.75, 3.05) is 6.54 Å². The van der Waals surface area contributed by atoms with Crippen LogP contribution in [0, 0.1) is 5.92 Å². The highest BCUT2D eigenvalue weighted by molar-refractivity contribution is 5.91. The molecule has 3 amide bonds. The van der Waals surface area contributed by atoms with Crippen molar-refractivity contribution in [1.82, 2.24) is 15.8 Å². The molecule has 1 aromatic heterocycles. The lowest BCUT2D eigenvalue weighted by Crippen LogP contribution is -2.50. The lowest BCUT2D eigenvalue weighted by atomic mass is 9.98. The number of para-hydroxylation sites is 1. The van der Waals surface area contributed by atoms with Gasteiger partial charge < -0.3 is 14.1 Å². The highest BCUT2D eigenvalue weighted by Gasteiger charge is 2.35. The molecule has 1 saturated heterocycles. The average Bonchev–Trinajstić information content (AvgIpc) is 3.45. The minimum Gasteiger partial charge on any atom is -0.480 e. The van der Waals surface area contributed by atoms with Crippen LogP contribution in [-0.2, 0) is 20.9 Å². The molecule has 3 unspecified atom stereocenters. The van der Waals surface area contributed by atoms with Crippen molar-refractivity contribution >= 4 is 17.7 Å². The number of rotatable bonds is 9. The van der Waals surface area contributed by atoms with Crippen LogP contribution in [0.25, 0.3) is 0 Å². The fourth-order valence-corrected chi connectivity index (χ4v) is 3.69. The number of likely N-dealkylation sites (tertiary alicyclic amines) is 1. The Morgan fingerprint density at radius 3 is 2.62 bits per heavy atom. The fraction of sp³-hybridized carbons (Fsp3) is 0.458. The van der Waals surface area contributed by atoms with Crippen LogP contribution >= 0.6 is 0 Å². The van der Waals surface area contributed by atoms with E-state index in [9.17, 15) is 14.4 Å². The SMILES string of the molecule is CCC(Oc1ccccc1C(C)CC)C(=O)NNC(=O)C1CC(=O)N(Cc2ccco2)C1. The zero-order valence-corrected chi connectivity index (χ0v) is 18.8. The van der Waals surface area contributed by atoms with Crippen LogP contribution in [0.3, 0.4) is 0 Å². The van der Waals surface area contributed by atoms with Gasteiger partial charge in [0.25, 0.3) is 5.91 Å². The molecule has 0 radical (unpaired) electrons. The topological polar surface area (TPSA) is 101 Å². The van der Waals surface area contributed by atoms with Gasteiger partial charge >= 0.3 is 0 Å². The number of hydrogen-bond donors (Lipinski definition) is 2. The van der Waals surface area contributed by atoms with E-state index in [4.69, 9.17) is 9.15 Å². The van der Waals surface area contributed by atoms with E-state index in [1.165, 1.54) is 0 Å². The molecule has 8 heteroatoms. The zero-order chi connectivity index (χ0) is 23.1. The first-order chi connectivity index (χ1) is 15.4. The predicted octanol–water partition coefficient (Wildman–Crippen LogP) is 3.15.